The average molecular weight is 494 g/mol. The molecule has 1 aliphatic rings. The Balaban J connectivity index is 2.01. The summed E-state index contributed by atoms with van der Waals surface area (Å²) in [5.41, 5.74) is 3.94. The highest BCUT2D eigenvalue weighted by atomic mass is 79.9. The van der Waals surface area contributed by atoms with Gasteiger partial charge in [0.15, 0.2) is 6.61 Å². The van der Waals surface area contributed by atoms with Gasteiger partial charge in [-0.05, 0) is 72.4 Å². The molecule has 1 saturated heterocycles. The first-order valence-corrected chi connectivity index (χ1v) is 11.1. The van der Waals surface area contributed by atoms with E-state index in [4.69, 9.17) is 26.2 Å². The van der Waals surface area contributed by atoms with Gasteiger partial charge in [-0.1, -0.05) is 42.0 Å². The second-order valence-corrected chi connectivity index (χ2v) is 9.19. The van der Waals surface area contributed by atoms with Gasteiger partial charge in [-0.2, -0.15) is 0 Å². The number of hydrogen-bond donors (Lipinski definition) is 1. The van der Waals surface area contributed by atoms with Crippen LogP contribution in [0.5, 0.6) is 5.75 Å². The molecule has 1 heterocycles. The zero-order valence-corrected chi connectivity index (χ0v) is 19.7. The van der Waals surface area contributed by atoms with E-state index >= 15 is 0 Å². The van der Waals surface area contributed by atoms with Crippen molar-refractivity contribution in [3.8, 4) is 5.75 Å². The zero-order valence-electron chi connectivity index (χ0n) is 17.3. The lowest BCUT2D eigenvalue weighted by atomic mass is 9.75. The molecule has 0 amide bonds. The molecule has 0 saturated carbocycles. The fraction of sp³-hybridized carbons (Fsp3) is 0.375. The lowest BCUT2D eigenvalue weighted by molar-refractivity contribution is -0.139. The summed E-state index contributed by atoms with van der Waals surface area (Å²) >= 11 is 10.0. The smallest absolute Gasteiger partial charge is 0.341 e. The van der Waals surface area contributed by atoms with Gasteiger partial charge in [-0.3, -0.25) is 0 Å². The van der Waals surface area contributed by atoms with Crippen LogP contribution in [0.4, 0.5) is 0 Å². The largest absolute Gasteiger partial charge is 0.480 e. The van der Waals surface area contributed by atoms with Crippen molar-refractivity contribution in [3.63, 3.8) is 0 Å². The second-order valence-electron chi connectivity index (χ2n) is 7.93. The quantitative estimate of drug-likeness (QED) is 0.455. The minimum Gasteiger partial charge on any atom is -0.480 e. The summed E-state index contributed by atoms with van der Waals surface area (Å²) in [4.78, 5) is 11.1. The first kappa shape index (κ1) is 22.9. The number of carboxylic acids is 1. The molecule has 2 aromatic rings. The molecular formula is C24H26BrClO4. The summed E-state index contributed by atoms with van der Waals surface area (Å²) in [6.07, 6.45) is 0.447. The standard InChI is InChI=1S/C24H26BrClO4/c1-13(2)17-11-18(16-7-5-6-8-21(16)26)15(4)30-23(17)19-9-14(3)10-20(25)24(19)29-12-22(27)28/h5-10,15,17-18,23H,1,11-12H2,2-4H3,(H,27,28)/t15-,17+,18-,23-/m0/s1. The molecule has 160 valence electrons. The number of aliphatic carboxylic acids is 1. The van der Waals surface area contributed by atoms with Gasteiger partial charge in [0, 0.05) is 22.4 Å². The van der Waals surface area contributed by atoms with Crippen LogP contribution in [0.1, 0.15) is 49.0 Å². The zero-order chi connectivity index (χ0) is 22.0. The van der Waals surface area contributed by atoms with Crippen molar-refractivity contribution in [1.29, 1.82) is 0 Å². The van der Waals surface area contributed by atoms with Crippen molar-refractivity contribution in [2.75, 3.05) is 6.61 Å². The van der Waals surface area contributed by atoms with E-state index < -0.39 is 12.6 Å². The molecule has 0 spiro atoms. The molecule has 1 N–H and O–H groups in total. The molecule has 2 aromatic carbocycles. The first-order chi connectivity index (χ1) is 14.2. The van der Waals surface area contributed by atoms with Crippen molar-refractivity contribution in [2.24, 2.45) is 5.92 Å². The monoisotopic (exact) mass is 492 g/mol. The summed E-state index contributed by atoms with van der Waals surface area (Å²) < 4.78 is 12.9. The molecule has 0 aromatic heterocycles. The Kier molecular flexibility index (Phi) is 7.27. The maximum atomic E-state index is 11.1. The van der Waals surface area contributed by atoms with Gasteiger partial charge >= 0.3 is 5.97 Å². The van der Waals surface area contributed by atoms with Gasteiger partial charge < -0.3 is 14.6 Å². The number of benzene rings is 2. The summed E-state index contributed by atoms with van der Waals surface area (Å²) in [6, 6.07) is 11.8. The Morgan fingerprint density at radius 3 is 2.67 bits per heavy atom. The van der Waals surface area contributed by atoms with E-state index in [0.717, 1.165) is 33.7 Å². The van der Waals surface area contributed by atoms with Crippen LogP contribution in [0.3, 0.4) is 0 Å². The van der Waals surface area contributed by atoms with E-state index in [2.05, 4.69) is 29.4 Å². The highest BCUT2D eigenvalue weighted by molar-refractivity contribution is 9.10. The lowest BCUT2D eigenvalue weighted by Crippen LogP contribution is -2.35. The third kappa shape index (κ3) is 4.90. The van der Waals surface area contributed by atoms with Crippen molar-refractivity contribution >= 4 is 33.5 Å². The van der Waals surface area contributed by atoms with Crippen LogP contribution in [-0.4, -0.2) is 23.8 Å². The maximum Gasteiger partial charge on any atom is 0.341 e. The number of aryl methyl sites for hydroxylation is 1. The van der Waals surface area contributed by atoms with Crippen molar-refractivity contribution in [1.82, 2.24) is 0 Å². The van der Waals surface area contributed by atoms with Crippen LogP contribution in [0.15, 0.2) is 53.0 Å². The van der Waals surface area contributed by atoms with Crippen LogP contribution in [0, 0.1) is 12.8 Å². The maximum absolute atomic E-state index is 11.1. The third-order valence-electron chi connectivity index (χ3n) is 5.60. The van der Waals surface area contributed by atoms with Gasteiger partial charge in [0.25, 0.3) is 0 Å². The lowest BCUT2D eigenvalue weighted by Gasteiger charge is -2.42. The molecule has 4 nitrogen and oxygen atoms in total. The van der Waals surface area contributed by atoms with Gasteiger partial charge in [0.1, 0.15) is 5.75 Å². The van der Waals surface area contributed by atoms with E-state index in [9.17, 15) is 4.79 Å². The molecule has 0 bridgehead atoms. The van der Waals surface area contributed by atoms with E-state index in [1.165, 1.54) is 0 Å². The van der Waals surface area contributed by atoms with Crippen molar-refractivity contribution in [3.05, 3.63) is 74.7 Å². The van der Waals surface area contributed by atoms with E-state index in [1.807, 2.05) is 50.2 Å². The molecule has 0 unspecified atom stereocenters. The van der Waals surface area contributed by atoms with E-state index in [0.29, 0.717) is 10.2 Å². The van der Waals surface area contributed by atoms with Gasteiger partial charge in [0.05, 0.1) is 16.7 Å². The third-order valence-corrected chi connectivity index (χ3v) is 6.54. The Bertz CT molecular complexity index is 958. The molecule has 4 atom stereocenters. The summed E-state index contributed by atoms with van der Waals surface area (Å²) in [6.45, 7) is 9.85. The minimum absolute atomic E-state index is 0.0309. The summed E-state index contributed by atoms with van der Waals surface area (Å²) in [5.74, 6) is -0.360. The number of carboxylic acid groups (broad SMARTS) is 1. The first-order valence-electron chi connectivity index (χ1n) is 9.89. The van der Waals surface area contributed by atoms with Crippen LogP contribution < -0.4 is 4.74 Å². The van der Waals surface area contributed by atoms with Gasteiger partial charge in [0.2, 0.25) is 0 Å². The number of rotatable bonds is 6. The topological polar surface area (TPSA) is 55.8 Å². The average Bonchev–Trinajstić information content (AvgIpc) is 2.67. The molecule has 0 radical (unpaired) electrons. The summed E-state index contributed by atoms with van der Waals surface area (Å²) in [5, 5.41) is 9.83. The number of ether oxygens (including phenoxy) is 2. The molecule has 0 aliphatic carbocycles. The highest BCUT2D eigenvalue weighted by Crippen LogP contribution is 2.50. The molecule has 1 aliphatic heterocycles. The minimum atomic E-state index is -1.03. The Labute approximate surface area is 191 Å². The van der Waals surface area contributed by atoms with Crippen LogP contribution in [0.2, 0.25) is 5.02 Å². The van der Waals surface area contributed by atoms with E-state index in [1.54, 1.807) is 0 Å². The Morgan fingerprint density at radius 2 is 2.03 bits per heavy atom. The van der Waals surface area contributed by atoms with Crippen molar-refractivity contribution in [2.45, 2.75) is 45.3 Å². The predicted molar refractivity (Wildman–Crippen MR) is 122 cm³/mol. The molecule has 1 fully saturated rings. The molecule has 30 heavy (non-hydrogen) atoms. The molecule has 3 rings (SSSR count). The SMILES string of the molecule is C=C(C)[C@H]1C[C@H](c2ccccc2Cl)[C@H](C)O[C@@H]1c1cc(C)cc(Br)c1OCC(=O)O. The van der Waals surface area contributed by atoms with Crippen LogP contribution in [0.25, 0.3) is 0 Å². The number of hydrogen-bond acceptors (Lipinski definition) is 3. The predicted octanol–water partition coefficient (Wildman–Crippen LogP) is 6.70. The normalized spacial score (nSPS) is 23.8. The van der Waals surface area contributed by atoms with E-state index in [-0.39, 0.29) is 24.0 Å². The number of halogens is 2. The van der Waals surface area contributed by atoms with Crippen LogP contribution in [-0.2, 0) is 9.53 Å². The molecular weight excluding hydrogens is 468 g/mol. The van der Waals surface area contributed by atoms with Crippen molar-refractivity contribution < 1.29 is 19.4 Å². The highest BCUT2D eigenvalue weighted by Gasteiger charge is 2.40. The van der Waals surface area contributed by atoms with Gasteiger partial charge in [-0.15, -0.1) is 0 Å². The number of carbonyl (C=O) groups is 1. The van der Waals surface area contributed by atoms with Gasteiger partial charge in [-0.25, -0.2) is 4.79 Å². The Hall–Kier alpha value is -1.82. The second kappa shape index (κ2) is 9.54. The fourth-order valence-corrected chi connectivity index (χ4v) is 5.15. The van der Waals surface area contributed by atoms with Crippen LogP contribution >= 0.6 is 27.5 Å². The summed E-state index contributed by atoms with van der Waals surface area (Å²) in [7, 11) is 0. The fourth-order valence-electron chi connectivity index (χ4n) is 4.17. The molecule has 6 heteroatoms. The Morgan fingerprint density at radius 1 is 1.33 bits per heavy atom.